The zero-order chi connectivity index (χ0) is 15.3. The minimum Gasteiger partial charge on any atom is -0.304 e. The van der Waals surface area contributed by atoms with Crippen molar-refractivity contribution in [2.45, 2.75) is 13.8 Å². The lowest BCUT2D eigenvalue weighted by Gasteiger charge is -2.17. The van der Waals surface area contributed by atoms with Crippen LogP contribution in [0.15, 0.2) is 47.6 Å². The van der Waals surface area contributed by atoms with Gasteiger partial charge in [0.2, 0.25) is 5.45 Å². The first-order valence-electron chi connectivity index (χ1n) is 6.73. The molecule has 0 N–H and O–H groups in total. The molecule has 0 unspecified atom stereocenters. The monoisotopic (exact) mass is 306 g/mol. The van der Waals surface area contributed by atoms with Gasteiger partial charge in [0.15, 0.2) is 0 Å². The number of hydrogen-bond donors (Lipinski definition) is 0. The van der Waals surface area contributed by atoms with Gasteiger partial charge in [-0.3, -0.25) is 4.57 Å². The summed E-state index contributed by atoms with van der Waals surface area (Å²) >= 11 is 0. The fraction of sp³-hybridized carbons (Fsp3) is 0.267. The third kappa shape index (κ3) is 3.32. The minimum atomic E-state index is -3.69. The Kier molecular flexibility index (Phi) is 5.12. The van der Waals surface area contributed by atoms with Crippen LogP contribution in [-0.2, 0) is 18.8 Å². The molecule has 0 aromatic heterocycles. The standard InChI is InChI=1S/C15H17NO4P/c1-3-19-21(18,20-4-2)15(16-17)14-10-9-12-7-5-6-8-13(12)11-14/h5-11H,3-4H2,1-2H3/b16-15+. The second-order valence-electron chi connectivity index (χ2n) is 4.31. The van der Waals surface area contributed by atoms with Gasteiger partial charge in [-0.25, -0.2) is 0 Å². The van der Waals surface area contributed by atoms with Crippen LogP contribution in [0.4, 0.5) is 0 Å². The second kappa shape index (κ2) is 6.85. The Morgan fingerprint density at radius 1 is 1.05 bits per heavy atom. The van der Waals surface area contributed by atoms with Gasteiger partial charge in [-0.15, -0.1) is 5.21 Å². The number of benzene rings is 2. The largest absolute Gasteiger partial charge is 0.383 e. The minimum absolute atomic E-state index is 0.171. The molecule has 2 aromatic rings. The van der Waals surface area contributed by atoms with E-state index in [0.717, 1.165) is 10.8 Å². The smallest absolute Gasteiger partial charge is 0.304 e. The average molecular weight is 306 g/mol. The molecule has 1 radical (unpaired) electrons. The molecule has 0 fully saturated rings. The Bertz CT molecular complexity index is 689. The number of hydrogen-bond acceptors (Lipinski definition) is 4. The molecule has 2 rings (SSSR count). The molecule has 0 spiro atoms. The molecule has 0 aliphatic heterocycles. The lowest BCUT2D eigenvalue weighted by Crippen LogP contribution is -2.09. The van der Waals surface area contributed by atoms with Crippen LogP contribution in [0.1, 0.15) is 19.4 Å². The van der Waals surface area contributed by atoms with Gasteiger partial charge < -0.3 is 9.05 Å². The summed E-state index contributed by atoms with van der Waals surface area (Å²) in [5.74, 6) is 0. The maximum absolute atomic E-state index is 12.7. The van der Waals surface area contributed by atoms with Crippen molar-refractivity contribution < 1.29 is 18.8 Å². The fourth-order valence-corrected chi connectivity index (χ4v) is 3.64. The first-order valence-corrected chi connectivity index (χ1v) is 8.28. The Morgan fingerprint density at radius 2 is 1.67 bits per heavy atom. The van der Waals surface area contributed by atoms with E-state index in [1.54, 1.807) is 26.0 Å². The van der Waals surface area contributed by atoms with E-state index in [4.69, 9.17) is 9.05 Å². The first kappa shape index (κ1) is 15.7. The summed E-state index contributed by atoms with van der Waals surface area (Å²) in [5.41, 5.74) is 0.269. The third-order valence-corrected chi connectivity index (χ3v) is 5.01. The molecule has 0 aliphatic carbocycles. The third-order valence-electron chi connectivity index (χ3n) is 2.95. The van der Waals surface area contributed by atoms with Gasteiger partial charge in [0.1, 0.15) is 0 Å². The van der Waals surface area contributed by atoms with Crippen LogP contribution >= 0.6 is 7.60 Å². The lowest BCUT2D eigenvalue weighted by atomic mass is 10.1. The highest BCUT2D eigenvalue weighted by Gasteiger charge is 2.34. The Balaban J connectivity index is 2.50. The van der Waals surface area contributed by atoms with Crippen LogP contribution in [0.5, 0.6) is 0 Å². The zero-order valence-electron chi connectivity index (χ0n) is 12.0. The van der Waals surface area contributed by atoms with Gasteiger partial charge in [0.25, 0.3) is 0 Å². The Morgan fingerprint density at radius 3 is 2.24 bits per heavy atom. The van der Waals surface area contributed by atoms with Gasteiger partial charge >= 0.3 is 7.60 Å². The average Bonchev–Trinajstić information content (AvgIpc) is 2.48. The molecule has 0 heterocycles. The van der Waals surface area contributed by atoms with E-state index in [2.05, 4.69) is 5.16 Å². The molecular weight excluding hydrogens is 289 g/mol. The summed E-state index contributed by atoms with van der Waals surface area (Å²) < 4.78 is 23.1. The van der Waals surface area contributed by atoms with E-state index in [0.29, 0.717) is 5.56 Å². The van der Waals surface area contributed by atoms with Crippen molar-refractivity contribution in [3.05, 3.63) is 48.0 Å². The number of nitrogens with zero attached hydrogens (tertiary/aromatic N) is 1. The molecule has 2 aromatic carbocycles. The first-order chi connectivity index (χ1) is 10.1. The molecule has 0 atom stereocenters. The molecule has 6 heteroatoms. The molecule has 5 nitrogen and oxygen atoms in total. The quantitative estimate of drug-likeness (QED) is 0.456. The van der Waals surface area contributed by atoms with Gasteiger partial charge in [0, 0.05) is 5.56 Å². The van der Waals surface area contributed by atoms with E-state index >= 15 is 0 Å². The van der Waals surface area contributed by atoms with Crippen LogP contribution in [0, 0.1) is 0 Å². The summed E-state index contributed by atoms with van der Waals surface area (Å²) in [6.45, 7) is 3.72. The summed E-state index contributed by atoms with van der Waals surface area (Å²) in [6.07, 6.45) is 0. The van der Waals surface area contributed by atoms with E-state index in [-0.39, 0.29) is 18.7 Å². The molecule has 0 amide bonds. The Labute approximate surface area is 123 Å². The van der Waals surface area contributed by atoms with Crippen LogP contribution in [0.3, 0.4) is 0 Å². The molecule has 111 valence electrons. The highest BCUT2D eigenvalue weighted by Crippen LogP contribution is 2.51. The van der Waals surface area contributed by atoms with Gasteiger partial charge in [0.05, 0.1) is 13.2 Å². The van der Waals surface area contributed by atoms with Crippen LogP contribution < -0.4 is 0 Å². The highest BCUT2D eigenvalue weighted by atomic mass is 31.2. The molecule has 0 saturated carbocycles. The fourth-order valence-electron chi connectivity index (χ4n) is 2.09. The van der Waals surface area contributed by atoms with Crippen molar-refractivity contribution in [2.75, 3.05) is 13.2 Å². The number of fused-ring (bicyclic) bond motifs is 1. The van der Waals surface area contributed by atoms with E-state index < -0.39 is 7.60 Å². The van der Waals surface area contributed by atoms with Crippen molar-refractivity contribution in [1.82, 2.24) is 0 Å². The summed E-state index contributed by atoms with van der Waals surface area (Å²) in [7, 11) is -3.69. The van der Waals surface area contributed by atoms with Crippen molar-refractivity contribution in [3.63, 3.8) is 0 Å². The lowest BCUT2D eigenvalue weighted by molar-refractivity contribution is 0.204. The molecular formula is C15H17NO4P. The van der Waals surface area contributed by atoms with Crippen LogP contribution in [0.2, 0.25) is 0 Å². The van der Waals surface area contributed by atoms with Gasteiger partial charge in [-0.05, 0) is 35.8 Å². The summed E-state index contributed by atoms with van der Waals surface area (Å²) in [6, 6.07) is 13.0. The molecule has 21 heavy (non-hydrogen) atoms. The van der Waals surface area contributed by atoms with Crippen LogP contribution in [-0.4, -0.2) is 18.7 Å². The van der Waals surface area contributed by atoms with E-state index in [1.807, 2.05) is 30.3 Å². The van der Waals surface area contributed by atoms with E-state index in [9.17, 15) is 9.77 Å². The van der Waals surface area contributed by atoms with Crippen molar-refractivity contribution in [1.29, 1.82) is 0 Å². The Hall–Kier alpha value is -1.68. The number of rotatable bonds is 6. The summed E-state index contributed by atoms with van der Waals surface area (Å²) in [4.78, 5) is 0. The van der Waals surface area contributed by atoms with Crippen LogP contribution in [0.25, 0.3) is 10.8 Å². The van der Waals surface area contributed by atoms with Gasteiger partial charge in [-0.2, -0.15) is 0 Å². The predicted molar refractivity (Wildman–Crippen MR) is 82.0 cm³/mol. The second-order valence-corrected chi connectivity index (χ2v) is 6.24. The molecule has 0 bridgehead atoms. The molecule has 0 saturated heterocycles. The van der Waals surface area contributed by atoms with Crippen molar-refractivity contribution >= 4 is 23.8 Å². The van der Waals surface area contributed by atoms with E-state index in [1.165, 1.54) is 0 Å². The topological polar surface area (TPSA) is 67.8 Å². The van der Waals surface area contributed by atoms with Gasteiger partial charge in [-0.1, -0.05) is 36.4 Å². The van der Waals surface area contributed by atoms with Crippen molar-refractivity contribution in [3.8, 4) is 0 Å². The summed E-state index contributed by atoms with van der Waals surface area (Å²) in [5, 5.41) is 16.1. The molecule has 0 aliphatic rings. The highest BCUT2D eigenvalue weighted by molar-refractivity contribution is 7.73. The zero-order valence-corrected chi connectivity index (χ0v) is 12.9. The maximum atomic E-state index is 12.7. The van der Waals surface area contributed by atoms with Crippen molar-refractivity contribution in [2.24, 2.45) is 5.16 Å². The SMILES string of the molecule is CCOP(=O)(OCC)/C(=N/[O])c1ccc2ccccc2c1. The normalized spacial score (nSPS) is 12.8. The maximum Gasteiger partial charge on any atom is 0.383 e. The predicted octanol–water partition coefficient (Wildman–Crippen LogP) is 4.20.